The van der Waals surface area contributed by atoms with Crippen molar-refractivity contribution in [2.45, 2.75) is 18.6 Å². The van der Waals surface area contributed by atoms with Gasteiger partial charge in [0.1, 0.15) is 22.8 Å². The van der Waals surface area contributed by atoms with Crippen molar-refractivity contribution < 1.29 is 39.9 Å². The summed E-state index contributed by atoms with van der Waals surface area (Å²) in [6.45, 7) is 1.08. The summed E-state index contributed by atoms with van der Waals surface area (Å²) >= 11 is 0. The lowest BCUT2D eigenvalue weighted by molar-refractivity contribution is -0.143. The number of ether oxygens (including phenoxy) is 1. The molecule has 5 N–H and O–H groups in total. The molecular weight excluding hydrogens is 332 g/mol. The maximum atomic E-state index is 12.6. The molecule has 0 bridgehead atoms. The number of Topliss-reactive ketones (excluding diaryl/α,β-unsaturated/α-hetero) is 2. The zero-order chi connectivity index (χ0) is 18.5. The first-order valence-corrected chi connectivity index (χ1v) is 7.19. The standard InChI is InChI=1S/C17H14O8/c1-7(18)17(8-2-3-10(20)11(21)4-8)16(24)15(23)14-12(22)5-9(19)6-13(14)25-17/h2-6,16,19-22,24H,1H3. The number of carbonyl (C=O) groups is 2. The number of phenols is 4. The van der Waals surface area contributed by atoms with E-state index in [4.69, 9.17) is 4.74 Å². The van der Waals surface area contributed by atoms with Crippen LogP contribution in [0.1, 0.15) is 22.8 Å². The van der Waals surface area contributed by atoms with Crippen LogP contribution in [0, 0.1) is 0 Å². The number of ketones is 2. The highest BCUT2D eigenvalue weighted by Gasteiger charge is 2.55. The smallest absolute Gasteiger partial charge is 0.224 e. The normalized spacial score (nSPS) is 22.2. The van der Waals surface area contributed by atoms with Gasteiger partial charge in [-0.15, -0.1) is 0 Å². The number of benzene rings is 2. The SMILES string of the molecule is CC(=O)C1(c2ccc(O)c(O)c2)Oc2cc(O)cc(O)c2C(=O)C1O. The number of rotatable bonds is 2. The van der Waals surface area contributed by atoms with E-state index in [2.05, 4.69) is 0 Å². The molecule has 0 saturated heterocycles. The van der Waals surface area contributed by atoms with E-state index in [1.165, 1.54) is 6.07 Å². The first-order valence-electron chi connectivity index (χ1n) is 7.19. The van der Waals surface area contributed by atoms with E-state index in [9.17, 15) is 35.1 Å². The first-order chi connectivity index (χ1) is 11.7. The van der Waals surface area contributed by atoms with Crippen molar-refractivity contribution in [3.8, 4) is 28.7 Å². The molecule has 2 atom stereocenters. The highest BCUT2D eigenvalue weighted by molar-refractivity contribution is 6.10. The maximum Gasteiger partial charge on any atom is 0.224 e. The molecule has 2 aromatic rings. The van der Waals surface area contributed by atoms with Crippen LogP contribution >= 0.6 is 0 Å². The van der Waals surface area contributed by atoms with Crippen LogP contribution in [0.3, 0.4) is 0 Å². The van der Waals surface area contributed by atoms with Crippen LogP contribution < -0.4 is 4.74 Å². The van der Waals surface area contributed by atoms with Crippen molar-refractivity contribution in [2.75, 3.05) is 0 Å². The monoisotopic (exact) mass is 346 g/mol. The van der Waals surface area contributed by atoms with E-state index in [1.807, 2.05) is 0 Å². The van der Waals surface area contributed by atoms with Gasteiger partial charge in [0, 0.05) is 17.7 Å². The van der Waals surface area contributed by atoms with Gasteiger partial charge < -0.3 is 30.3 Å². The molecule has 25 heavy (non-hydrogen) atoms. The van der Waals surface area contributed by atoms with Gasteiger partial charge in [-0.2, -0.15) is 0 Å². The minimum atomic E-state index is -2.21. The van der Waals surface area contributed by atoms with E-state index in [1.54, 1.807) is 0 Å². The fourth-order valence-corrected chi connectivity index (χ4v) is 2.90. The lowest BCUT2D eigenvalue weighted by Crippen LogP contribution is -2.56. The molecular formula is C17H14O8. The van der Waals surface area contributed by atoms with Gasteiger partial charge in [-0.05, 0) is 19.1 Å². The Bertz CT molecular complexity index is 904. The van der Waals surface area contributed by atoms with Crippen molar-refractivity contribution in [3.05, 3.63) is 41.5 Å². The number of carbonyl (C=O) groups excluding carboxylic acids is 2. The van der Waals surface area contributed by atoms with Crippen molar-refractivity contribution >= 4 is 11.6 Å². The molecule has 0 aromatic heterocycles. The summed E-state index contributed by atoms with van der Waals surface area (Å²) in [5.74, 6) is -4.10. The molecule has 0 radical (unpaired) electrons. The van der Waals surface area contributed by atoms with E-state index in [-0.39, 0.29) is 16.9 Å². The molecule has 0 amide bonds. The Hall–Kier alpha value is -3.26. The van der Waals surface area contributed by atoms with Crippen LogP contribution in [0.4, 0.5) is 0 Å². The molecule has 2 unspecified atom stereocenters. The Labute approximate surface area is 141 Å². The second-order valence-electron chi connectivity index (χ2n) is 5.70. The lowest BCUT2D eigenvalue weighted by Gasteiger charge is -2.40. The Morgan fingerprint density at radius 2 is 1.72 bits per heavy atom. The highest BCUT2D eigenvalue weighted by atomic mass is 16.5. The summed E-state index contributed by atoms with van der Waals surface area (Å²) in [6, 6.07) is 5.20. The Morgan fingerprint density at radius 3 is 2.32 bits per heavy atom. The molecule has 1 heterocycles. The van der Waals surface area contributed by atoms with Gasteiger partial charge in [0.25, 0.3) is 0 Å². The van der Waals surface area contributed by atoms with Crippen LogP contribution in [0.25, 0.3) is 0 Å². The zero-order valence-corrected chi connectivity index (χ0v) is 12.9. The van der Waals surface area contributed by atoms with Crippen LogP contribution in [0.5, 0.6) is 28.7 Å². The summed E-state index contributed by atoms with van der Waals surface area (Å²) in [6.07, 6.45) is -2.02. The number of fused-ring (bicyclic) bond motifs is 1. The number of hydrogen-bond acceptors (Lipinski definition) is 8. The predicted molar refractivity (Wildman–Crippen MR) is 82.9 cm³/mol. The average Bonchev–Trinajstić information content (AvgIpc) is 2.52. The molecule has 8 nitrogen and oxygen atoms in total. The number of phenolic OH excluding ortho intramolecular Hbond substituents is 4. The third kappa shape index (κ3) is 2.26. The largest absolute Gasteiger partial charge is 0.508 e. The molecule has 0 saturated carbocycles. The number of aliphatic hydroxyl groups is 1. The van der Waals surface area contributed by atoms with Crippen molar-refractivity contribution in [1.82, 2.24) is 0 Å². The topological polar surface area (TPSA) is 145 Å². The molecule has 130 valence electrons. The molecule has 2 aromatic carbocycles. The number of aliphatic hydroxyl groups excluding tert-OH is 1. The Morgan fingerprint density at radius 1 is 1.04 bits per heavy atom. The quantitative estimate of drug-likeness (QED) is 0.505. The van der Waals surface area contributed by atoms with E-state index in [0.717, 1.165) is 31.2 Å². The average molecular weight is 346 g/mol. The second kappa shape index (κ2) is 5.38. The van der Waals surface area contributed by atoms with Gasteiger partial charge in [-0.25, -0.2) is 0 Å². The fraction of sp³-hybridized carbons (Fsp3) is 0.176. The summed E-state index contributed by atoms with van der Waals surface area (Å²) < 4.78 is 5.57. The highest BCUT2D eigenvalue weighted by Crippen LogP contribution is 2.46. The van der Waals surface area contributed by atoms with E-state index < -0.39 is 46.3 Å². The molecule has 0 aliphatic carbocycles. The van der Waals surface area contributed by atoms with Gasteiger partial charge in [0.2, 0.25) is 11.4 Å². The van der Waals surface area contributed by atoms with Crippen LogP contribution in [-0.2, 0) is 10.4 Å². The predicted octanol–water partition coefficient (Wildman–Crippen LogP) is 0.929. The lowest BCUT2D eigenvalue weighted by atomic mass is 9.78. The molecule has 0 spiro atoms. The van der Waals surface area contributed by atoms with Gasteiger partial charge in [0.05, 0.1) is 0 Å². The minimum absolute atomic E-state index is 0.0790. The molecule has 1 aliphatic rings. The zero-order valence-electron chi connectivity index (χ0n) is 12.9. The van der Waals surface area contributed by atoms with Crippen molar-refractivity contribution in [2.24, 2.45) is 0 Å². The molecule has 0 fully saturated rings. The van der Waals surface area contributed by atoms with Gasteiger partial charge >= 0.3 is 0 Å². The minimum Gasteiger partial charge on any atom is -0.508 e. The van der Waals surface area contributed by atoms with E-state index in [0.29, 0.717) is 0 Å². The van der Waals surface area contributed by atoms with Crippen molar-refractivity contribution in [1.29, 1.82) is 0 Å². The van der Waals surface area contributed by atoms with Gasteiger partial charge in [0.15, 0.2) is 23.4 Å². The molecule has 1 aliphatic heterocycles. The molecule has 8 heteroatoms. The summed E-state index contributed by atoms with van der Waals surface area (Å²) in [4.78, 5) is 24.9. The van der Waals surface area contributed by atoms with Gasteiger partial charge in [-0.3, -0.25) is 9.59 Å². The third-order valence-electron chi connectivity index (χ3n) is 4.14. The van der Waals surface area contributed by atoms with Crippen LogP contribution in [-0.4, -0.2) is 43.2 Å². The Kier molecular flexibility index (Phi) is 3.57. The maximum absolute atomic E-state index is 12.6. The number of hydrogen-bond donors (Lipinski definition) is 5. The van der Waals surface area contributed by atoms with E-state index >= 15 is 0 Å². The summed E-state index contributed by atoms with van der Waals surface area (Å²) in [5.41, 5.74) is -2.66. The summed E-state index contributed by atoms with van der Waals surface area (Å²) in [5, 5.41) is 49.1. The Balaban J connectivity index is 2.28. The second-order valence-corrected chi connectivity index (χ2v) is 5.70. The number of aromatic hydroxyl groups is 4. The first kappa shape index (κ1) is 16.6. The fourth-order valence-electron chi connectivity index (χ4n) is 2.90. The third-order valence-corrected chi connectivity index (χ3v) is 4.14. The van der Waals surface area contributed by atoms with Gasteiger partial charge in [-0.1, -0.05) is 6.07 Å². The van der Waals surface area contributed by atoms with Crippen LogP contribution in [0.2, 0.25) is 0 Å². The van der Waals surface area contributed by atoms with Crippen molar-refractivity contribution in [3.63, 3.8) is 0 Å². The van der Waals surface area contributed by atoms with Crippen LogP contribution in [0.15, 0.2) is 30.3 Å². The molecule has 3 rings (SSSR count). The summed E-state index contributed by atoms with van der Waals surface area (Å²) in [7, 11) is 0.